The van der Waals surface area contributed by atoms with Crippen molar-refractivity contribution in [2.24, 2.45) is 29.6 Å². The molecule has 0 spiro atoms. The van der Waals surface area contributed by atoms with Gasteiger partial charge in [-0.2, -0.15) is 0 Å². The van der Waals surface area contributed by atoms with Crippen LogP contribution in [0.1, 0.15) is 68.7 Å². The molecular weight excluding hydrogens is 479 g/mol. The third kappa shape index (κ3) is 31.2. The number of alkyl halides is 3. The van der Waals surface area contributed by atoms with E-state index >= 15 is 0 Å². The lowest BCUT2D eigenvalue weighted by Crippen LogP contribution is -2.15. The Hall–Kier alpha value is 0.900. The first kappa shape index (κ1) is 37.2. The van der Waals surface area contributed by atoms with Crippen LogP contribution in [0, 0.1) is 29.6 Å². The van der Waals surface area contributed by atoms with Crippen LogP contribution in [0.4, 0.5) is 0 Å². The minimum Gasteiger partial charge on any atom is -0.396 e. The molecular formula is C22H49BrCl2O4. The Morgan fingerprint density at radius 2 is 1.00 bits per heavy atom. The Bertz CT molecular complexity index is 273. The molecule has 0 rings (SSSR count). The number of aliphatic hydroxyl groups excluding tert-OH is 4. The van der Waals surface area contributed by atoms with Gasteiger partial charge in [0.1, 0.15) is 0 Å². The van der Waals surface area contributed by atoms with Crippen LogP contribution >= 0.6 is 39.1 Å². The van der Waals surface area contributed by atoms with Crippen molar-refractivity contribution in [2.75, 3.05) is 23.7 Å². The summed E-state index contributed by atoms with van der Waals surface area (Å²) in [7, 11) is 0. The first-order valence-electron chi connectivity index (χ1n) is 10.6. The Morgan fingerprint density at radius 3 is 1.03 bits per heavy atom. The molecule has 0 saturated heterocycles. The molecule has 0 aliphatic carbocycles. The number of halogens is 3. The van der Waals surface area contributed by atoms with E-state index in [4.69, 9.17) is 43.6 Å². The highest BCUT2D eigenvalue weighted by Crippen LogP contribution is 2.09. The molecule has 0 bridgehead atoms. The molecule has 0 radical (unpaired) electrons. The standard InChI is InChI=1S/C6H13Cl.C6H14O2.C5H11BrO.C5H11ClO/c1-5(2)6(3)4-7;1-5(2)6(8)3-4-7;2*1-4(2)5(7)3-6/h5-6H,4H2,1-3H3;5-8H,3-4H2,1-2H3;2*4-5,7H,3H2,1-2H3/t2*6-;2*5-/m1111/s1. The van der Waals surface area contributed by atoms with Crippen molar-refractivity contribution in [1.29, 1.82) is 0 Å². The average Bonchev–Trinajstić information content (AvgIpc) is 2.67. The third-order valence-electron chi connectivity index (χ3n) is 4.43. The molecule has 7 heteroatoms. The quantitative estimate of drug-likeness (QED) is 0.296. The average molecular weight is 528 g/mol. The van der Waals surface area contributed by atoms with Crippen LogP contribution in [0.15, 0.2) is 0 Å². The summed E-state index contributed by atoms with van der Waals surface area (Å²) in [6.07, 6.45) is -0.348. The lowest BCUT2D eigenvalue weighted by molar-refractivity contribution is 0.0931. The third-order valence-corrected chi connectivity index (χ3v) is 5.90. The molecule has 4 atom stereocenters. The Morgan fingerprint density at radius 1 is 0.621 bits per heavy atom. The van der Waals surface area contributed by atoms with Gasteiger partial charge in [-0.15, -0.1) is 23.2 Å². The van der Waals surface area contributed by atoms with Crippen molar-refractivity contribution in [3.05, 3.63) is 0 Å². The zero-order valence-corrected chi connectivity index (χ0v) is 23.2. The van der Waals surface area contributed by atoms with Gasteiger partial charge in [0.2, 0.25) is 0 Å². The van der Waals surface area contributed by atoms with E-state index < -0.39 is 0 Å². The molecule has 0 aliphatic heterocycles. The molecule has 4 nitrogen and oxygen atoms in total. The maximum atomic E-state index is 8.97. The second-order valence-corrected chi connectivity index (χ2v) is 9.90. The summed E-state index contributed by atoms with van der Waals surface area (Å²) < 4.78 is 0. The summed E-state index contributed by atoms with van der Waals surface area (Å²) in [5, 5.41) is 35.7. The summed E-state index contributed by atoms with van der Waals surface area (Å²) in [5.74, 6) is 3.47. The summed E-state index contributed by atoms with van der Waals surface area (Å²) in [6, 6.07) is 0. The van der Waals surface area contributed by atoms with Crippen LogP contribution in [-0.4, -0.2) is 62.4 Å². The van der Waals surface area contributed by atoms with Crippen molar-refractivity contribution in [3.8, 4) is 0 Å². The first-order valence-corrected chi connectivity index (χ1v) is 12.7. The molecule has 0 unspecified atom stereocenters. The van der Waals surface area contributed by atoms with E-state index in [0.717, 1.165) is 11.8 Å². The lowest BCUT2D eigenvalue weighted by atomic mass is 10.0. The van der Waals surface area contributed by atoms with Gasteiger partial charge >= 0.3 is 0 Å². The molecule has 0 aliphatic rings. The van der Waals surface area contributed by atoms with Gasteiger partial charge in [0, 0.05) is 23.7 Å². The minimum absolute atomic E-state index is 0.0827. The van der Waals surface area contributed by atoms with E-state index in [1.54, 1.807) is 0 Å². The van der Waals surface area contributed by atoms with Crippen LogP contribution in [0.3, 0.4) is 0 Å². The molecule has 29 heavy (non-hydrogen) atoms. The maximum Gasteiger partial charge on any atom is 0.0698 e. The zero-order valence-electron chi connectivity index (χ0n) is 20.1. The van der Waals surface area contributed by atoms with Gasteiger partial charge in [-0.1, -0.05) is 78.2 Å². The topological polar surface area (TPSA) is 80.9 Å². The second kappa shape index (κ2) is 25.2. The smallest absolute Gasteiger partial charge is 0.0698 e. The Kier molecular flexibility index (Phi) is 32.3. The van der Waals surface area contributed by atoms with E-state index in [0.29, 0.717) is 29.5 Å². The minimum atomic E-state index is -0.333. The highest BCUT2D eigenvalue weighted by atomic mass is 79.9. The van der Waals surface area contributed by atoms with Crippen LogP contribution in [-0.2, 0) is 0 Å². The lowest BCUT2D eigenvalue weighted by Gasteiger charge is -2.11. The molecule has 0 saturated carbocycles. The number of hydrogen-bond acceptors (Lipinski definition) is 4. The molecule has 4 N–H and O–H groups in total. The van der Waals surface area contributed by atoms with E-state index in [-0.39, 0.29) is 36.8 Å². The molecule has 0 amide bonds. The van der Waals surface area contributed by atoms with Crippen LogP contribution in [0.5, 0.6) is 0 Å². The number of rotatable bonds is 9. The largest absolute Gasteiger partial charge is 0.396 e. The van der Waals surface area contributed by atoms with E-state index in [2.05, 4.69) is 36.7 Å². The van der Waals surface area contributed by atoms with Gasteiger partial charge < -0.3 is 20.4 Å². The van der Waals surface area contributed by atoms with Gasteiger partial charge in [0.05, 0.1) is 18.3 Å². The number of hydrogen-bond donors (Lipinski definition) is 4. The molecule has 0 heterocycles. The van der Waals surface area contributed by atoms with E-state index in [1.165, 1.54) is 0 Å². The van der Waals surface area contributed by atoms with Crippen LogP contribution in [0.2, 0.25) is 0 Å². The fraction of sp³-hybridized carbons (Fsp3) is 1.00. The van der Waals surface area contributed by atoms with E-state index in [1.807, 2.05) is 41.5 Å². The Balaban J connectivity index is -0.000000144. The molecule has 0 aromatic rings. The van der Waals surface area contributed by atoms with Gasteiger partial charge in [-0.05, 0) is 36.0 Å². The van der Waals surface area contributed by atoms with Crippen LogP contribution in [0.25, 0.3) is 0 Å². The predicted octanol–water partition coefficient (Wildman–Crippen LogP) is 5.54. The maximum absolute atomic E-state index is 8.97. The van der Waals surface area contributed by atoms with Crippen molar-refractivity contribution >= 4 is 39.1 Å². The monoisotopic (exact) mass is 526 g/mol. The molecule has 0 aromatic carbocycles. The highest BCUT2D eigenvalue weighted by molar-refractivity contribution is 9.09. The molecule has 0 aromatic heterocycles. The molecule has 0 fully saturated rings. The Labute approximate surface area is 199 Å². The SMILES string of the molecule is CC(C)[C@H](C)CCl.CC(C)[C@H](O)CBr.CC(C)[C@H](O)CCO.CC(C)[C@H](O)CCl. The van der Waals surface area contributed by atoms with Gasteiger partial charge in [0.25, 0.3) is 0 Å². The summed E-state index contributed by atoms with van der Waals surface area (Å²) in [5.41, 5.74) is 0. The summed E-state index contributed by atoms with van der Waals surface area (Å²) >= 11 is 14.0. The van der Waals surface area contributed by atoms with Crippen molar-refractivity contribution in [3.63, 3.8) is 0 Å². The van der Waals surface area contributed by atoms with Gasteiger partial charge in [-0.3, -0.25) is 0 Å². The number of aliphatic hydroxyl groups is 4. The molecule has 182 valence electrons. The summed E-state index contributed by atoms with van der Waals surface area (Å²) in [4.78, 5) is 0. The van der Waals surface area contributed by atoms with E-state index in [9.17, 15) is 0 Å². The second-order valence-electron chi connectivity index (χ2n) is 8.63. The van der Waals surface area contributed by atoms with Crippen molar-refractivity contribution in [1.82, 2.24) is 0 Å². The highest BCUT2D eigenvalue weighted by Gasteiger charge is 2.06. The van der Waals surface area contributed by atoms with Crippen molar-refractivity contribution < 1.29 is 20.4 Å². The summed E-state index contributed by atoms with van der Waals surface area (Å²) in [6.45, 7) is 18.3. The van der Waals surface area contributed by atoms with Gasteiger partial charge in [-0.25, -0.2) is 0 Å². The normalized spacial score (nSPS) is 14.9. The fourth-order valence-corrected chi connectivity index (χ4v) is 2.46. The van der Waals surface area contributed by atoms with Crippen molar-refractivity contribution in [2.45, 2.75) is 87.0 Å². The van der Waals surface area contributed by atoms with Crippen LogP contribution < -0.4 is 0 Å². The fourth-order valence-electron chi connectivity index (χ4n) is 1.00. The first-order chi connectivity index (χ1) is 13.2. The predicted molar refractivity (Wildman–Crippen MR) is 133 cm³/mol. The zero-order chi connectivity index (χ0) is 24.2. The van der Waals surface area contributed by atoms with Gasteiger partial charge in [0.15, 0.2) is 0 Å².